The number of aromatic nitrogens is 3. The van der Waals surface area contributed by atoms with Gasteiger partial charge in [0.1, 0.15) is 11.8 Å². The second-order valence-electron chi connectivity index (χ2n) is 4.59. The van der Waals surface area contributed by atoms with Crippen LogP contribution in [-0.2, 0) is 0 Å². The number of rotatable bonds is 4. The Hall–Kier alpha value is -2.48. The van der Waals surface area contributed by atoms with Gasteiger partial charge in [-0.15, -0.1) is 0 Å². The molecule has 2 aromatic heterocycles. The van der Waals surface area contributed by atoms with Gasteiger partial charge in [0.2, 0.25) is 0 Å². The van der Waals surface area contributed by atoms with Crippen molar-refractivity contribution >= 4 is 5.82 Å². The van der Waals surface area contributed by atoms with E-state index in [0.717, 1.165) is 41.4 Å². The molecule has 0 amide bonds. The average molecular weight is 267 g/mol. The lowest BCUT2D eigenvalue weighted by atomic mass is 10.1. The molecule has 0 bridgehead atoms. The van der Waals surface area contributed by atoms with E-state index in [1.54, 1.807) is 12.3 Å². The molecule has 5 nitrogen and oxygen atoms in total. The molecule has 2 heterocycles. The molecular formula is C15H17N5. The van der Waals surface area contributed by atoms with Crippen LogP contribution in [0.2, 0.25) is 0 Å². The Balaban J connectivity index is 2.53. The molecule has 0 saturated carbocycles. The number of pyridine rings is 1. The van der Waals surface area contributed by atoms with Gasteiger partial charge in [-0.2, -0.15) is 5.26 Å². The summed E-state index contributed by atoms with van der Waals surface area (Å²) in [7, 11) is 0. The summed E-state index contributed by atoms with van der Waals surface area (Å²) in [4.78, 5) is 13.2. The molecule has 0 fully saturated rings. The molecule has 102 valence electrons. The molecule has 0 unspecified atom stereocenters. The Morgan fingerprint density at radius 3 is 2.65 bits per heavy atom. The van der Waals surface area contributed by atoms with Crippen LogP contribution in [0.25, 0.3) is 11.3 Å². The van der Waals surface area contributed by atoms with Crippen LogP contribution in [-0.4, -0.2) is 21.5 Å². The van der Waals surface area contributed by atoms with Gasteiger partial charge in [-0.3, -0.25) is 4.98 Å². The molecule has 0 aliphatic carbocycles. The van der Waals surface area contributed by atoms with Gasteiger partial charge in [0, 0.05) is 24.5 Å². The minimum atomic E-state index is 0.518. The third kappa shape index (κ3) is 2.91. The Bertz CT molecular complexity index is 658. The minimum Gasteiger partial charge on any atom is -0.368 e. The summed E-state index contributed by atoms with van der Waals surface area (Å²) in [6, 6.07) is 3.88. The maximum atomic E-state index is 8.98. The van der Waals surface area contributed by atoms with Crippen molar-refractivity contribution in [3.05, 3.63) is 35.4 Å². The number of hydrogen-bond donors (Lipinski definition) is 1. The molecule has 0 radical (unpaired) electrons. The molecule has 0 aliphatic heterocycles. The van der Waals surface area contributed by atoms with E-state index in [2.05, 4.69) is 33.3 Å². The zero-order valence-corrected chi connectivity index (χ0v) is 11.9. The van der Waals surface area contributed by atoms with Crippen molar-refractivity contribution in [1.82, 2.24) is 15.0 Å². The third-order valence-corrected chi connectivity index (χ3v) is 2.99. The highest BCUT2D eigenvalue weighted by molar-refractivity contribution is 5.72. The van der Waals surface area contributed by atoms with E-state index in [-0.39, 0.29) is 0 Å². The highest BCUT2D eigenvalue weighted by atomic mass is 15.0. The summed E-state index contributed by atoms with van der Waals surface area (Å²) < 4.78 is 0. The van der Waals surface area contributed by atoms with Crippen LogP contribution in [0.15, 0.2) is 18.5 Å². The second kappa shape index (κ2) is 6.11. The van der Waals surface area contributed by atoms with Gasteiger partial charge in [0.25, 0.3) is 0 Å². The van der Waals surface area contributed by atoms with E-state index >= 15 is 0 Å². The molecule has 5 heteroatoms. The molecule has 0 saturated heterocycles. The van der Waals surface area contributed by atoms with Crippen LogP contribution >= 0.6 is 0 Å². The summed E-state index contributed by atoms with van der Waals surface area (Å²) in [5.74, 6) is 0.742. The third-order valence-electron chi connectivity index (χ3n) is 2.99. The van der Waals surface area contributed by atoms with Crippen molar-refractivity contribution in [2.75, 3.05) is 11.9 Å². The van der Waals surface area contributed by atoms with E-state index in [0.29, 0.717) is 5.56 Å². The normalized spacial score (nSPS) is 10.1. The molecule has 2 aromatic rings. The largest absolute Gasteiger partial charge is 0.368 e. The fraction of sp³-hybridized carbons (Fsp3) is 0.333. The van der Waals surface area contributed by atoms with Crippen LogP contribution in [0, 0.1) is 25.2 Å². The van der Waals surface area contributed by atoms with Gasteiger partial charge in [-0.1, -0.05) is 6.92 Å². The minimum absolute atomic E-state index is 0.518. The number of nitrogens with zero attached hydrogens (tertiary/aromatic N) is 4. The standard InChI is InChI=1S/C15H17N5/c1-4-5-18-15-14(19-10(2)11(3)20-15)13-6-12(7-16)8-17-9-13/h6,8-9H,4-5H2,1-3H3,(H,18,20). The Morgan fingerprint density at radius 1 is 1.20 bits per heavy atom. The highest BCUT2D eigenvalue weighted by Gasteiger charge is 2.12. The van der Waals surface area contributed by atoms with E-state index in [4.69, 9.17) is 5.26 Å². The lowest BCUT2D eigenvalue weighted by molar-refractivity contribution is 0.953. The number of aryl methyl sites for hydroxylation is 2. The predicted molar refractivity (Wildman–Crippen MR) is 78.2 cm³/mol. The number of hydrogen-bond acceptors (Lipinski definition) is 5. The Labute approximate surface area is 118 Å². The predicted octanol–water partition coefficient (Wildman–Crippen LogP) is 2.85. The first-order chi connectivity index (χ1) is 9.65. The van der Waals surface area contributed by atoms with Gasteiger partial charge in [-0.25, -0.2) is 9.97 Å². The van der Waals surface area contributed by atoms with Crippen molar-refractivity contribution in [2.24, 2.45) is 0 Å². The maximum Gasteiger partial charge on any atom is 0.152 e. The van der Waals surface area contributed by atoms with Crippen LogP contribution in [0.4, 0.5) is 5.82 Å². The molecule has 0 aromatic carbocycles. The van der Waals surface area contributed by atoms with Gasteiger partial charge in [-0.05, 0) is 26.3 Å². The van der Waals surface area contributed by atoms with Crippen molar-refractivity contribution in [3.63, 3.8) is 0 Å². The molecular weight excluding hydrogens is 250 g/mol. The van der Waals surface area contributed by atoms with Crippen LogP contribution < -0.4 is 5.32 Å². The van der Waals surface area contributed by atoms with Crippen molar-refractivity contribution in [3.8, 4) is 17.3 Å². The summed E-state index contributed by atoms with van der Waals surface area (Å²) in [6.07, 6.45) is 4.25. The van der Waals surface area contributed by atoms with Crippen molar-refractivity contribution in [2.45, 2.75) is 27.2 Å². The Morgan fingerprint density at radius 2 is 1.95 bits per heavy atom. The Kier molecular flexibility index (Phi) is 4.26. The van der Waals surface area contributed by atoms with E-state index < -0.39 is 0 Å². The highest BCUT2D eigenvalue weighted by Crippen LogP contribution is 2.25. The van der Waals surface area contributed by atoms with Crippen LogP contribution in [0.1, 0.15) is 30.3 Å². The van der Waals surface area contributed by atoms with Crippen LogP contribution in [0.5, 0.6) is 0 Å². The number of nitriles is 1. The van der Waals surface area contributed by atoms with Gasteiger partial charge >= 0.3 is 0 Å². The lowest BCUT2D eigenvalue weighted by Crippen LogP contribution is -2.07. The van der Waals surface area contributed by atoms with Crippen molar-refractivity contribution in [1.29, 1.82) is 5.26 Å². The monoisotopic (exact) mass is 267 g/mol. The maximum absolute atomic E-state index is 8.98. The van der Waals surface area contributed by atoms with E-state index in [9.17, 15) is 0 Å². The summed E-state index contributed by atoms with van der Waals surface area (Å²) in [6.45, 7) is 6.79. The molecule has 1 N–H and O–H groups in total. The first kappa shape index (κ1) is 13.9. The SMILES string of the molecule is CCCNc1nc(C)c(C)nc1-c1cncc(C#N)c1. The summed E-state index contributed by atoms with van der Waals surface area (Å²) in [5.41, 5.74) is 3.84. The molecule has 0 atom stereocenters. The fourth-order valence-electron chi connectivity index (χ4n) is 1.80. The van der Waals surface area contributed by atoms with E-state index in [1.165, 1.54) is 6.20 Å². The summed E-state index contributed by atoms with van der Waals surface area (Å²) in [5, 5.41) is 12.3. The second-order valence-corrected chi connectivity index (χ2v) is 4.59. The van der Waals surface area contributed by atoms with Gasteiger partial charge in [0.05, 0.1) is 17.0 Å². The zero-order chi connectivity index (χ0) is 14.5. The first-order valence-electron chi connectivity index (χ1n) is 6.60. The zero-order valence-electron chi connectivity index (χ0n) is 11.9. The number of nitrogens with one attached hydrogen (secondary N) is 1. The van der Waals surface area contributed by atoms with E-state index in [1.807, 2.05) is 13.8 Å². The lowest BCUT2D eigenvalue weighted by Gasteiger charge is -2.12. The van der Waals surface area contributed by atoms with Gasteiger partial charge in [0.15, 0.2) is 5.82 Å². The summed E-state index contributed by atoms with van der Waals surface area (Å²) >= 11 is 0. The van der Waals surface area contributed by atoms with Crippen molar-refractivity contribution < 1.29 is 0 Å². The molecule has 20 heavy (non-hydrogen) atoms. The van der Waals surface area contributed by atoms with Crippen LogP contribution in [0.3, 0.4) is 0 Å². The first-order valence-corrected chi connectivity index (χ1v) is 6.60. The average Bonchev–Trinajstić information content (AvgIpc) is 2.48. The quantitative estimate of drug-likeness (QED) is 0.922. The molecule has 0 spiro atoms. The topological polar surface area (TPSA) is 74.5 Å². The molecule has 2 rings (SSSR count). The smallest absolute Gasteiger partial charge is 0.152 e. The molecule has 0 aliphatic rings. The van der Waals surface area contributed by atoms with Gasteiger partial charge < -0.3 is 5.32 Å². The number of anilines is 1. The fourth-order valence-corrected chi connectivity index (χ4v) is 1.80.